The Bertz CT molecular complexity index is 1280. The number of pyridine rings is 1. The van der Waals surface area contributed by atoms with E-state index in [-0.39, 0.29) is 0 Å². The molecule has 0 aliphatic carbocycles. The number of hydrogen-bond donors (Lipinski definition) is 0. The monoisotopic (exact) mass is 396 g/mol. The second-order valence-corrected chi connectivity index (χ2v) is 8.07. The van der Waals surface area contributed by atoms with Gasteiger partial charge in [-0.05, 0) is 42.7 Å². The zero-order chi connectivity index (χ0) is 20.8. The van der Waals surface area contributed by atoms with Gasteiger partial charge in [-0.15, -0.1) is 0 Å². The summed E-state index contributed by atoms with van der Waals surface area (Å²) in [6.07, 6.45) is 3.30. The predicted octanol–water partition coefficient (Wildman–Crippen LogP) is 5.65. The summed E-state index contributed by atoms with van der Waals surface area (Å²) in [6.45, 7) is 5.33. The van der Waals surface area contributed by atoms with Gasteiger partial charge in [-0.25, -0.2) is 0 Å². The van der Waals surface area contributed by atoms with Crippen LogP contribution in [-0.4, -0.2) is 14.2 Å². The van der Waals surface area contributed by atoms with Gasteiger partial charge in [0.15, 0.2) is 24.2 Å². The van der Waals surface area contributed by atoms with Crippen LogP contribution >= 0.6 is 0 Å². The molecular formula is C27H26NO2+. The Kier molecular flexibility index (Phi) is 4.47. The number of ether oxygens (including phenoxy) is 2. The van der Waals surface area contributed by atoms with Crippen LogP contribution in [-0.2, 0) is 13.0 Å². The van der Waals surface area contributed by atoms with E-state index in [1.807, 2.05) is 0 Å². The van der Waals surface area contributed by atoms with E-state index in [2.05, 4.69) is 79.2 Å². The number of nitrogens with zero attached hydrogens (tertiary/aromatic N) is 1. The molecule has 3 nitrogen and oxygen atoms in total. The van der Waals surface area contributed by atoms with Crippen molar-refractivity contribution in [1.82, 2.24) is 0 Å². The molecular weight excluding hydrogens is 370 g/mol. The van der Waals surface area contributed by atoms with E-state index in [0.717, 1.165) is 24.5 Å². The molecule has 30 heavy (non-hydrogen) atoms. The first-order chi connectivity index (χ1) is 14.6. The van der Waals surface area contributed by atoms with Crippen LogP contribution < -0.4 is 14.0 Å². The maximum atomic E-state index is 5.65. The van der Waals surface area contributed by atoms with Crippen molar-refractivity contribution in [3.63, 3.8) is 0 Å². The van der Waals surface area contributed by atoms with Gasteiger partial charge in [-0.2, -0.15) is 4.57 Å². The number of benzene rings is 3. The van der Waals surface area contributed by atoms with Crippen LogP contribution in [0.2, 0.25) is 0 Å². The van der Waals surface area contributed by atoms with E-state index in [1.165, 1.54) is 49.8 Å². The molecule has 150 valence electrons. The highest BCUT2D eigenvalue weighted by molar-refractivity contribution is 6.03. The van der Waals surface area contributed by atoms with Crippen LogP contribution in [0.4, 0.5) is 0 Å². The fourth-order valence-electron chi connectivity index (χ4n) is 4.80. The molecule has 0 atom stereocenters. The van der Waals surface area contributed by atoms with Crippen LogP contribution in [0.3, 0.4) is 0 Å². The van der Waals surface area contributed by atoms with Gasteiger partial charge >= 0.3 is 0 Å². The largest absolute Gasteiger partial charge is 0.493 e. The zero-order valence-electron chi connectivity index (χ0n) is 18.0. The molecule has 3 heteroatoms. The highest BCUT2D eigenvalue weighted by atomic mass is 16.5. The van der Waals surface area contributed by atoms with Crippen molar-refractivity contribution in [1.29, 1.82) is 0 Å². The quantitative estimate of drug-likeness (QED) is 0.418. The van der Waals surface area contributed by atoms with Crippen molar-refractivity contribution in [2.75, 3.05) is 14.2 Å². The van der Waals surface area contributed by atoms with E-state index in [9.17, 15) is 0 Å². The molecule has 0 saturated carbocycles. The molecule has 0 radical (unpaired) electrons. The minimum absolute atomic E-state index is 0.768. The number of fused-ring (bicyclic) bond motifs is 4. The molecule has 0 spiro atoms. The summed E-state index contributed by atoms with van der Waals surface area (Å²) in [6, 6.07) is 19.6. The van der Waals surface area contributed by atoms with Crippen molar-refractivity contribution < 1.29 is 14.0 Å². The second-order valence-electron chi connectivity index (χ2n) is 8.07. The predicted molar refractivity (Wildman–Crippen MR) is 121 cm³/mol. The van der Waals surface area contributed by atoms with Gasteiger partial charge in [0.1, 0.15) is 0 Å². The van der Waals surface area contributed by atoms with E-state index in [0.29, 0.717) is 0 Å². The van der Waals surface area contributed by atoms with E-state index in [4.69, 9.17) is 9.47 Å². The fraction of sp³-hybridized carbons (Fsp3) is 0.222. The van der Waals surface area contributed by atoms with E-state index < -0.39 is 0 Å². The van der Waals surface area contributed by atoms with Gasteiger partial charge < -0.3 is 9.47 Å². The molecule has 5 rings (SSSR count). The number of aryl methyl sites for hydroxylation is 4. The first kappa shape index (κ1) is 18.7. The van der Waals surface area contributed by atoms with Crippen molar-refractivity contribution >= 4 is 10.8 Å². The summed E-state index contributed by atoms with van der Waals surface area (Å²) in [5.74, 6) is 1.56. The molecule has 2 heterocycles. The topological polar surface area (TPSA) is 22.3 Å². The van der Waals surface area contributed by atoms with Gasteiger partial charge in [0.25, 0.3) is 0 Å². The van der Waals surface area contributed by atoms with Crippen molar-refractivity contribution in [3.8, 4) is 33.9 Å². The average molecular weight is 397 g/mol. The molecule has 1 aliphatic heterocycles. The summed E-state index contributed by atoms with van der Waals surface area (Å²) >= 11 is 0. The van der Waals surface area contributed by atoms with E-state index in [1.54, 1.807) is 14.2 Å². The minimum Gasteiger partial charge on any atom is -0.493 e. The Morgan fingerprint density at radius 2 is 1.57 bits per heavy atom. The lowest BCUT2D eigenvalue weighted by atomic mass is 9.87. The molecule has 0 unspecified atom stereocenters. The molecule has 0 fully saturated rings. The summed E-state index contributed by atoms with van der Waals surface area (Å²) in [5, 5.41) is 2.61. The number of aromatic nitrogens is 1. The Hall–Kier alpha value is -3.33. The van der Waals surface area contributed by atoms with Crippen LogP contribution in [0, 0.1) is 13.8 Å². The number of hydrogen-bond acceptors (Lipinski definition) is 2. The Morgan fingerprint density at radius 1 is 0.833 bits per heavy atom. The SMILES string of the molecule is COc1cc2c(cc1OC)-c1c(-c3ccccc3)c3cc(C)cc(C)c3c[n+]1CC2. The maximum Gasteiger partial charge on any atom is 0.221 e. The van der Waals surface area contributed by atoms with Crippen molar-refractivity contribution in [2.24, 2.45) is 0 Å². The van der Waals surface area contributed by atoms with Crippen LogP contribution in [0.25, 0.3) is 33.2 Å². The van der Waals surface area contributed by atoms with E-state index >= 15 is 0 Å². The molecule has 0 amide bonds. The molecule has 4 aromatic rings. The normalized spacial score (nSPS) is 12.4. The zero-order valence-corrected chi connectivity index (χ0v) is 18.0. The highest BCUT2D eigenvalue weighted by Crippen LogP contribution is 2.43. The van der Waals surface area contributed by atoms with Gasteiger partial charge in [0, 0.05) is 17.2 Å². The first-order valence-corrected chi connectivity index (χ1v) is 10.4. The number of rotatable bonds is 3. The van der Waals surface area contributed by atoms with Gasteiger partial charge in [0.05, 0.1) is 25.3 Å². The van der Waals surface area contributed by atoms with Gasteiger partial charge in [-0.1, -0.05) is 48.0 Å². The smallest absolute Gasteiger partial charge is 0.221 e. The fourth-order valence-corrected chi connectivity index (χ4v) is 4.80. The summed E-state index contributed by atoms with van der Waals surface area (Å²) in [4.78, 5) is 0. The standard InChI is InChI=1S/C27H26NO2/c1-17-12-18(2)23-16-28-11-10-20-14-24(29-3)25(30-4)15-21(20)27(28)26(22(23)13-17)19-8-6-5-7-9-19/h5-9,12-16H,10-11H2,1-4H3/q+1. The van der Waals surface area contributed by atoms with Crippen LogP contribution in [0.5, 0.6) is 11.5 Å². The second kappa shape index (κ2) is 7.17. The third kappa shape index (κ3) is 2.85. The molecule has 1 aromatic heterocycles. The molecule has 3 aromatic carbocycles. The lowest BCUT2D eigenvalue weighted by molar-refractivity contribution is -0.685. The van der Waals surface area contributed by atoms with Crippen molar-refractivity contribution in [2.45, 2.75) is 26.8 Å². The van der Waals surface area contributed by atoms with Crippen LogP contribution in [0.1, 0.15) is 16.7 Å². The Balaban J connectivity index is 1.93. The van der Waals surface area contributed by atoms with Crippen LogP contribution in [0.15, 0.2) is 60.8 Å². The molecule has 0 bridgehead atoms. The van der Waals surface area contributed by atoms with Crippen molar-refractivity contribution in [3.05, 3.63) is 77.5 Å². The third-order valence-electron chi connectivity index (χ3n) is 6.16. The van der Waals surface area contributed by atoms with Gasteiger partial charge in [0.2, 0.25) is 5.69 Å². The lowest BCUT2D eigenvalue weighted by Crippen LogP contribution is -2.40. The molecule has 1 aliphatic rings. The Morgan fingerprint density at radius 3 is 2.30 bits per heavy atom. The average Bonchev–Trinajstić information content (AvgIpc) is 2.77. The lowest BCUT2D eigenvalue weighted by Gasteiger charge is -2.22. The Labute approximate surface area is 177 Å². The molecule has 0 saturated heterocycles. The summed E-state index contributed by atoms with van der Waals surface area (Å²) in [5.41, 5.74) is 8.89. The minimum atomic E-state index is 0.768. The maximum absolute atomic E-state index is 5.65. The molecule has 0 N–H and O–H groups in total. The van der Waals surface area contributed by atoms with Gasteiger partial charge in [-0.3, -0.25) is 0 Å². The third-order valence-corrected chi connectivity index (χ3v) is 6.16. The number of methoxy groups -OCH3 is 2. The summed E-state index contributed by atoms with van der Waals surface area (Å²) < 4.78 is 13.6. The highest BCUT2D eigenvalue weighted by Gasteiger charge is 2.31. The first-order valence-electron chi connectivity index (χ1n) is 10.4. The summed E-state index contributed by atoms with van der Waals surface area (Å²) in [7, 11) is 3.40.